The molecule has 0 bridgehead atoms. The highest BCUT2D eigenvalue weighted by Crippen LogP contribution is 2.49. The number of non-ortho nitro benzene ring substituents is 1. The number of aliphatic carboxylic acids is 1. The average molecular weight is 700 g/mol. The van der Waals surface area contributed by atoms with Crippen molar-refractivity contribution >= 4 is 49.6 Å². The summed E-state index contributed by atoms with van der Waals surface area (Å²) in [6.07, 6.45) is 14.4. The first-order chi connectivity index (χ1) is 23.6. The Morgan fingerprint density at radius 1 is 0.960 bits per heavy atom. The predicted molar refractivity (Wildman–Crippen MR) is 196 cm³/mol. The Morgan fingerprint density at radius 2 is 1.72 bits per heavy atom. The van der Waals surface area contributed by atoms with E-state index in [0.29, 0.717) is 18.4 Å². The van der Waals surface area contributed by atoms with Crippen LogP contribution in [-0.2, 0) is 25.7 Å². The minimum absolute atomic E-state index is 0.0827. The molecule has 0 fully saturated rings. The van der Waals surface area contributed by atoms with E-state index in [4.69, 9.17) is 5.11 Å². The van der Waals surface area contributed by atoms with Crippen LogP contribution in [-0.4, -0.2) is 52.3 Å². The summed E-state index contributed by atoms with van der Waals surface area (Å²) in [5.41, 5.74) is 5.25. The van der Waals surface area contributed by atoms with Crippen LogP contribution >= 0.6 is 0 Å². The van der Waals surface area contributed by atoms with Crippen molar-refractivity contribution in [3.8, 4) is 0 Å². The minimum Gasteiger partial charge on any atom is -0.744 e. The fourth-order valence-electron chi connectivity index (χ4n) is 7.38. The largest absolute Gasteiger partial charge is 0.744 e. The van der Waals surface area contributed by atoms with Gasteiger partial charge in [-0.15, -0.1) is 0 Å². The Bertz CT molecular complexity index is 2070. The third kappa shape index (κ3) is 7.15. The molecule has 0 saturated carbocycles. The number of unbranched alkanes of at least 4 members (excludes halogenated alkanes) is 3. The van der Waals surface area contributed by atoms with Gasteiger partial charge in [0.2, 0.25) is 5.69 Å². The Balaban J connectivity index is 1.49. The zero-order valence-electron chi connectivity index (χ0n) is 29.3. The molecule has 2 aliphatic heterocycles. The number of nitro benzene ring substituents is 1. The molecule has 2 heterocycles. The molecule has 2 aliphatic rings. The number of fused-ring (bicyclic) bond motifs is 4. The topological polar surface area (TPSA) is 144 Å². The maximum atomic E-state index is 11.8. The summed E-state index contributed by atoms with van der Waals surface area (Å²) >= 11 is 0. The Kier molecular flexibility index (Phi) is 10.5. The Morgan fingerprint density at radius 3 is 2.40 bits per heavy atom. The molecule has 0 amide bonds. The number of anilines is 1. The van der Waals surface area contributed by atoms with Crippen LogP contribution in [0, 0.1) is 10.1 Å². The molecule has 5 rings (SSSR count). The van der Waals surface area contributed by atoms with Crippen LogP contribution in [0.25, 0.3) is 10.8 Å². The standard InChI is InChI=1S/C39H45N3O7S/c1-6-7-23-40-32-22-18-28(42(45)46)26-31(32)38(2,3)34(40)14-10-8-11-15-35-39(4,5)37-30-20-19-29(50(47,48)49)25-27(30)17-21-33(37)41(35)24-13-9-12-16-36(43)44/h8,10-11,14-15,17-22,25-26H,6-7,9,12-13,16,23-24H2,1-5H3,(H-,43,44,47,48,49). The molecule has 0 aliphatic carbocycles. The zero-order valence-corrected chi connectivity index (χ0v) is 30.1. The van der Waals surface area contributed by atoms with Gasteiger partial charge in [0.05, 0.1) is 15.2 Å². The highest BCUT2D eigenvalue weighted by molar-refractivity contribution is 7.85. The number of carbonyl (C=O) groups is 1. The van der Waals surface area contributed by atoms with Crippen LogP contribution in [0.15, 0.2) is 89.5 Å². The molecule has 1 N–H and O–H groups in total. The molecule has 10 nitrogen and oxygen atoms in total. The molecule has 50 heavy (non-hydrogen) atoms. The number of nitro groups is 1. The summed E-state index contributed by atoms with van der Waals surface area (Å²) in [4.78, 5) is 24.3. The summed E-state index contributed by atoms with van der Waals surface area (Å²) in [6.45, 7) is 12.1. The van der Waals surface area contributed by atoms with Gasteiger partial charge in [0, 0.05) is 66.0 Å². The molecule has 0 spiro atoms. The summed E-state index contributed by atoms with van der Waals surface area (Å²) in [5, 5.41) is 22.2. The number of allylic oxidation sites excluding steroid dienone is 6. The molecule has 0 unspecified atom stereocenters. The SMILES string of the molecule is CCCCN1C(=CC=CC=CC2=[N+](CCCCCC(=O)O)c3ccc4cc(S(=O)(=O)[O-])ccc4c3C2(C)C)C(C)(C)c2cc([N+](=O)[O-])ccc21. The van der Waals surface area contributed by atoms with E-state index in [1.165, 1.54) is 12.1 Å². The van der Waals surface area contributed by atoms with Crippen molar-refractivity contribution in [1.29, 1.82) is 0 Å². The Labute approximate surface area is 294 Å². The maximum absolute atomic E-state index is 11.8. The van der Waals surface area contributed by atoms with Crippen molar-refractivity contribution in [2.24, 2.45) is 0 Å². The van der Waals surface area contributed by atoms with Gasteiger partial charge < -0.3 is 14.6 Å². The van der Waals surface area contributed by atoms with Crippen LogP contribution in [0.1, 0.15) is 84.3 Å². The van der Waals surface area contributed by atoms with Crippen LogP contribution in [0.2, 0.25) is 0 Å². The van der Waals surface area contributed by atoms with Gasteiger partial charge in [-0.1, -0.05) is 51.5 Å². The monoisotopic (exact) mass is 699 g/mol. The molecule has 3 aromatic rings. The molecule has 11 heteroatoms. The van der Waals surface area contributed by atoms with E-state index in [0.717, 1.165) is 71.5 Å². The lowest BCUT2D eigenvalue weighted by Crippen LogP contribution is -2.28. The number of benzene rings is 3. The van der Waals surface area contributed by atoms with Crippen molar-refractivity contribution in [2.75, 3.05) is 18.0 Å². The first kappa shape index (κ1) is 36.7. The van der Waals surface area contributed by atoms with Gasteiger partial charge in [0.1, 0.15) is 16.7 Å². The third-order valence-electron chi connectivity index (χ3n) is 9.93. The zero-order chi connectivity index (χ0) is 36.4. The van der Waals surface area contributed by atoms with Gasteiger partial charge in [-0.25, -0.2) is 8.42 Å². The number of hydrogen-bond acceptors (Lipinski definition) is 7. The van der Waals surface area contributed by atoms with Crippen molar-refractivity contribution in [3.63, 3.8) is 0 Å². The lowest BCUT2D eigenvalue weighted by Gasteiger charge is -2.26. The van der Waals surface area contributed by atoms with E-state index < -0.39 is 26.9 Å². The van der Waals surface area contributed by atoms with E-state index in [2.05, 4.69) is 56.2 Å². The molecule has 0 saturated heterocycles. The van der Waals surface area contributed by atoms with E-state index in [-0.39, 0.29) is 21.9 Å². The second-order valence-electron chi connectivity index (χ2n) is 14.0. The van der Waals surface area contributed by atoms with Crippen molar-refractivity contribution < 1.29 is 32.4 Å². The van der Waals surface area contributed by atoms with E-state index >= 15 is 0 Å². The molecule has 0 aromatic heterocycles. The number of carboxylic acids is 1. The van der Waals surface area contributed by atoms with E-state index in [1.54, 1.807) is 18.2 Å². The van der Waals surface area contributed by atoms with Crippen molar-refractivity contribution in [1.82, 2.24) is 0 Å². The van der Waals surface area contributed by atoms with Gasteiger partial charge >= 0.3 is 5.97 Å². The van der Waals surface area contributed by atoms with Crippen molar-refractivity contribution in [3.05, 3.63) is 106 Å². The molecule has 3 aromatic carbocycles. The van der Waals surface area contributed by atoms with Crippen LogP contribution in [0.5, 0.6) is 0 Å². The smallest absolute Gasteiger partial charge is 0.303 e. The first-order valence-corrected chi connectivity index (χ1v) is 18.5. The highest BCUT2D eigenvalue weighted by atomic mass is 32.2. The number of rotatable bonds is 14. The fourth-order valence-corrected chi connectivity index (χ4v) is 7.89. The predicted octanol–water partition coefficient (Wildman–Crippen LogP) is 8.27. The maximum Gasteiger partial charge on any atom is 0.303 e. The summed E-state index contributed by atoms with van der Waals surface area (Å²) in [6, 6.07) is 13.4. The summed E-state index contributed by atoms with van der Waals surface area (Å²) in [5.74, 6) is -0.805. The number of nitrogens with zero attached hydrogens (tertiary/aromatic N) is 3. The number of carboxylic acid groups (broad SMARTS) is 1. The van der Waals surface area contributed by atoms with E-state index in [1.807, 2.05) is 36.4 Å². The Hall–Kier alpha value is -4.61. The summed E-state index contributed by atoms with van der Waals surface area (Å²) < 4.78 is 37.5. The van der Waals surface area contributed by atoms with Gasteiger partial charge in [-0.05, 0) is 79.8 Å². The van der Waals surface area contributed by atoms with Gasteiger partial charge in [0.15, 0.2) is 5.71 Å². The molecular formula is C39H45N3O7S. The lowest BCUT2D eigenvalue weighted by atomic mass is 9.79. The number of hydrogen-bond donors (Lipinski definition) is 1. The second-order valence-corrected chi connectivity index (χ2v) is 15.4. The highest BCUT2D eigenvalue weighted by Gasteiger charge is 2.45. The molecule has 264 valence electrons. The van der Waals surface area contributed by atoms with Crippen LogP contribution in [0.3, 0.4) is 0 Å². The molecule has 0 radical (unpaired) electrons. The average Bonchev–Trinajstić information content (AvgIpc) is 3.40. The van der Waals surface area contributed by atoms with E-state index in [9.17, 15) is 27.9 Å². The first-order valence-electron chi connectivity index (χ1n) is 17.1. The fraction of sp³-hybridized carbons (Fsp3) is 0.385. The minimum atomic E-state index is -4.60. The molecular weight excluding hydrogens is 655 g/mol. The third-order valence-corrected chi connectivity index (χ3v) is 10.8. The summed E-state index contributed by atoms with van der Waals surface area (Å²) in [7, 11) is -4.60. The van der Waals surface area contributed by atoms with Crippen molar-refractivity contribution in [2.45, 2.75) is 88.9 Å². The lowest BCUT2D eigenvalue weighted by molar-refractivity contribution is -0.438. The molecule has 0 atom stereocenters. The van der Waals surface area contributed by atoms with Gasteiger partial charge in [-0.3, -0.25) is 14.9 Å². The quantitative estimate of drug-likeness (QED) is 0.0442. The normalized spacial score (nSPS) is 17.4. The van der Waals surface area contributed by atoms with Gasteiger partial charge in [0.25, 0.3) is 5.69 Å². The van der Waals surface area contributed by atoms with Crippen LogP contribution < -0.4 is 4.90 Å². The van der Waals surface area contributed by atoms with Gasteiger partial charge in [-0.2, -0.15) is 4.58 Å². The second kappa shape index (κ2) is 14.3. The van der Waals surface area contributed by atoms with Crippen LogP contribution in [0.4, 0.5) is 17.1 Å².